The lowest BCUT2D eigenvalue weighted by Crippen LogP contribution is -2.48. The summed E-state index contributed by atoms with van der Waals surface area (Å²) in [6, 6.07) is 5.74. The second-order valence-electron chi connectivity index (χ2n) is 8.47. The molecule has 2 aromatic rings. The van der Waals surface area contributed by atoms with E-state index in [4.69, 9.17) is 4.74 Å². The molecule has 1 saturated carbocycles. The minimum atomic E-state index is -4.51. The van der Waals surface area contributed by atoms with E-state index in [0.29, 0.717) is 31.1 Å². The maximum Gasteiger partial charge on any atom is 0.433 e. The lowest BCUT2D eigenvalue weighted by atomic mass is 9.81. The molecule has 1 saturated heterocycles. The van der Waals surface area contributed by atoms with Gasteiger partial charge < -0.3 is 9.64 Å². The van der Waals surface area contributed by atoms with Gasteiger partial charge in [0.05, 0.1) is 49.0 Å². The third-order valence-corrected chi connectivity index (χ3v) is 6.21. The summed E-state index contributed by atoms with van der Waals surface area (Å²) < 4.78 is 44.3. The van der Waals surface area contributed by atoms with Crippen LogP contribution in [0.5, 0.6) is 5.75 Å². The van der Waals surface area contributed by atoms with Gasteiger partial charge in [0, 0.05) is 0 Å². The van der Waals surface area contributed by atoms with Crippen molar-refractivity contribution in [1.82, 2.24) is 14.9 Å². The topological polar surface area (TPSA) is 58.6 Å². The van der Waals surface area contributed by atoms with Crippen LogP contribution >= 0.6 is 0 Å². The number of ether oxygens (including phenoxy) is 1. The Hall–Kier alpha value is -2.84. The molecule has 2 aliphatic rings. The predicted molar refractivity (Wildman–Crippen MR) is 113 cm³/mol. The summed E-state index contributed by atoms with van der Waals surface area (Å²) >= 11 is 0. The molecule has 4 rings (SSSR count). The molecule has 0 unspecified atom stereocenters. The smallest absolute Gasteiger partial charge is 0.433 e. The van der Waals surface area contributed by atoms with Crippen molar-refractivity contribution >= 4 is 11.7 Å². The Morgan fingerprint density at radius 3 is 2.44 bits per heavy atom. The van der Waals surface area contributed by atoms with Crippen LogP contribution in [-0.4, -0.2) is 39.6 Å². The molecule has 9 heteroatoms. The summed E-state index contributed by atoms with van der Waals surface area (Å²) in [5.74, 6) is 0.688. The average Bonchev–Trinajstić information content (AvgIpc) is 3.04. The fourth-order valence-electron chi connectivity index (χ4n) is 4.56. The Morgan fingerprint density at radius 2 is 1.84 bits per heavy atom. The molecule has 0 atom stereocenters. The van der Waals surface area contributed by atoms with Crippen LogP contribution in [0.15, 0.2) is 36.7 Å². The quantitative estimate of drug-likeness (QED) is 0.591. The first-order valence-electron chi connectivity index (χ1n) is 11.0. The van der Waals surface area contributed by atoms with Crippen molar-refractivity contribution in [3.63, 3.8) is 0 Å². The largest absolute Gasteiger partial charge is 0.492 e. The van der Waals surface area contributed by atoms with Crippen molar-refractivity contribution in [3.05, 3.63) is 48.0 Å². The van der Waals surface area contributed by atoms with E-state index in [1.165, 1.54) is 6.07 Å². The molecule has 32 heavy (non-hydrogen) atoms. The second kappa shape index (κ2) is 8.96. The molecule has 172 valence electrons. The lowest BCUT2D eigenvalue weighted by Gasteiger charge is -2.39. The molecule has 2 amide bonds. The molecule has 0 N–H and O–H groups in total. The van der Waals surface area contributed by atoms with E-state index in [9.17, 15) is 18.0 Å². The fraction of sp³-hybridized carbons (Fsp3) is 0.522. The Labute approximate surface area is 185 Å². The van der Waals surface area contributed by atoms with Crippen LogP contribution in [0.4, 0.5) is 23.7 Å². The van der Waals surface area contributed by atoms with Gasteiger partial charge in [-0.05, 0) is 43.5 Å². The standard InChI is InChI=1S/C23H27F3N4O2/c1-2-12-32-19-8-6-17(27-14-19)15-30-21(31)29(16-22(30)10-4-3-5-11-22)18-7-9-20(28-13-18)23(24,25)26/h6-9,13-14H,2-5,10-12,15-16H2,1H3. The minimum Gasteiger partial charge on any atom is -0.492 e. The highest BCUT2D eigenvalue weighted by Crippen LogP contribution is 2.42. The number of nitrogens with zero attached hydrogens (tertiary/aromatic N) is 4. The van der Waals surface area contributed by atoms with Gasteiger partial charge in [-0.2, -0.15) is 13.2 Å². The number of carbonyl (C=O) groups is 1. The van der Waals surface area contributed by atoms with E-state index < -0.39 is 11.9 Å². The van der Waals surface area contributed by atoms with E-state index in [2.05, 4.69) is 9.97 Å². The first-order valence-corrected chi connectivity index (χ1v) is 11.0. The molecule has 2 fully saturated rings. The minimum absolute atomic E-state index is 0.221. The molecule has 1 aliphatic carbocycles. The summed E-state index contributed by atoms with van der Waals surface area (Å²) in [6.07, 6.45) is 4.06. The molecule has 1 aliphatic heterocycles. The predicted octanol–water partition coefficient (Wildman–Crippen LogP) is 5.43. The summed E-state index contributed by atoms with van der Waals surface area (Å²) in [4.78, 5) is 24.8. The molecule has 3 heterocycles. The summed E-state index contributed by atoms with van der Waals surface area (Å²) in [5.41, 5.74) is -0.185. The summed E-state index contributed by atoms with van der Waals surface area (Å²) in [6.45, 7) is 3.43. The number of amides is 2. The van der Waals surface area contributed by atoms with E-state index in [1.807, 2.05) is 24.0 Å². The van der Waals surface area contributed by atoms with E-state index in [1.54, 1.807) is 11.1 Å². The maximum absolute atomic E-state index is 13.4. The van der Waals surface area contributed by atoms with Crippen LogP contribution in [0.1, 0.15) is 56.8 Å². The Bertz CT molecular complexity index is 926. The third-order valence-electron chi connectivity index (χ3n) is 6.21. The van der Waals surface area contributed by atoms with Gasteiger partial charge in [-0.1, -0.05) is 26.2 Å². The van der Waals surface area contributed by atoms with Crippen molar-refractivity contribution in [2.24, 2.45) is 0 Å². The summed E-state index contributed by atoms with van der Waals surface area (Å²) in [5, 5.41) is 0. The molecule has 0 bridgehead atoms. The van der Waals surface area contributed by atoms with Gasteiger partial charge in [-0.25, -0.2) is 9.78 Å². The van der Waals surface area contributed by atoms with Crippen LogP contribution in [0.25, 0.3) is 0 Å². The molecule has 0 aromatic carbocycles. The third kappa shape index (κ3) is 4.52. The zero-order valence-corrected chi connectivity index (χ0v) is 18.1. The fourth-order valence-corrected chi connectivity index (χ4v) is 4.56. The Kier molecular flexibility index (Phi) is 6.26. The van der Waals surface area contributed by atoms with Crippen LogP contribution in [-0.2, 0) is 12.7 Å². The Morgan fingerprint density at radius 1 is 1.06 bits per heavy atom. The number of carbonyl (C=O) groups excluding carboxylic acids is 1. The number of halogens is 3. The monoisotopic (exact) mass is 448 g/mol. The SMILES string of the molecule is CCCOc1ccc(CN2C(=O)N(c3ccc(C(F)(F)F)nc3)CC23CCCCC3)nc1. The van der Waals surface area contributed by atoms with Gasteiger partial charge in [0.15, 0.2) is 0 Å². The number of pyridine rings is 2. The highest BCUT2D eigenvalue weighted by Gasteiger charge is 2.50. The van der Waals surface area contributed by atoms with E-state index in [0.717, 1.165) is 56.5 Å². The molecule has 2 aromatic heterocycles. The Balaban J connectivity index is 1.57. The summed E-state index contributed by atoms with van der Waals surface area (Å²) in [7, 11) is 0. The van der Waals surface area contributed by atoms with Gasteiger partial charge in [-0.3, -0.25) is 9.88 Å². The number of anilines is 1. The molecule has 6 nitrogen and oxygen atoms in total. The van der Waals surface area contributed by atoms with Crippen LogP contribution < -0.4 is 9.64 Å². The van der Waals surface area contributed by atoms with Crippen molar-refractivity contribution < 1.29 is 22.7 Å². The molecule has 1 spiro atoms. The van der Waals surface area contributed by atoms with Crippen molar-refractivity contribution in [2.75, 3.05) is 18.1 Å². The highest BCUT2D eigenvalue weighted by molar-refractivity contribution is 5.95. The number of rotatable bonds is 6. The average molecular weight is 448 g/mol. The van der Waals surface area contributed by atoms with Gasteiger partial charge >= 0.3 is 12.2 Å². The number of hydrogen-bond donors (Lipinski definition) is 0. The highest BCUT2D eigenvalue weighted by atomic mass is 19.4. The maximum atomic E-state index is 13.4. The van der Waals surface area contributed by atoms with Gasteiger partial charge in [0.1, 0.15) is 11.4 Å². The van der Waals surface area contributed by atoms with Crippen molar-refractivity contribution in [1.29, 1.82) is 0 Å². The van der Waals surface area contributed by atoms with E-state index in [-0.39, 0.29) is 11.6 Å². The van der Waals surface area contributed by atoms with Gasteiger partial charge in [-0.15, -0.1) is 0 Å². The van der Waals surface area contributed by atoms with Gasteiger partial charge in [0.2, 0.25) is 0 Å². The second-order valence-corrected chi connectivity index (χ2v) is 8.47. The van der Waals surface area contributed by atoms with Crippen LogP contribution in [0, 0.1) is 0 Å². The number of urea groups is 1. The zero-order valence-electron chi connectivity index (χ0n) is 18.1. The zero-order chi connectivity index (χ0) is 22.8. The van der Waals surface area contributed by atoms with Crippen LogP contribution in [0.2, 0.25) is 0 Å². The molecule has 0 radical (unpaired) electrons. The molecular formula is C23H27F3N4O2. The van der Waals surface area contributed by atoms with Crippen molar-refractivity contribution in [3.8, 4) is 5.75 Å². The number of alkyl halides is 3. The van der Waals surface area contributed by atoms with E-state index >= 15 is 0 Å². The lowest BCUT2D eigenvalue weighted by molar-refractivity contribution is -0.141. The number of hydrogen-bond acceptors (Lipinski definition) is 4. The van der Waals surface area contributed by atoms with Crippen molar-refractivity contribution in [2.45, 2.75) is 63.7 Å². The van der Waals surface area contributed by atoms with Gasteiger partial charge in [0.25, 0.3) is 0 Å². The van der Waals surface area contributed by atoms with Crippen LogP contribution in [0.3, 0.4) is 0 Å². The number of aromatic nitrogens is 2. The first kappa shape index (κ1) is 22.4. The normalized spacial score (nSPS) is 18.4. The molecular weight excluding hydrogens is 421 g/mol. The first-order chi connectivity index (χ1) is 15.3.